The molecule has 0 saturated carbocycles. The number of carbonyl (C=O) groups is 4. The predicted molar refractivity (Wildman–Crippen MR) is 103 cm³/mol. The van der Waals surface area contributed by atoms with E-state index >= 15 is 0 Å². The van der Waals surface area contributed by atoms with E-state index in [1.165, 1.54) is 0 Å². The molecule has 0 heterocycles. The molecule has 0 aliphatic rings. The molecule has 0 fully saturated rings. The quantitative estimate of drug-likeness (QED) is 0.145. The summed E-state index contributed by atoms with van der Waals surface area (Å²) in [7, 11) is -5.08. The molecular formula is C11H20N2Na4O9S. The molecule has 11 nitrogen and oxygen atoms in total. The van der Waals surface area contributed by atoms with Gasteiger partial charge in [0.05, 0.1) is 12.8 Å². The summed E-state index contributed by atoms with van der Waals surface area (Å²) in [5, 5.41) is 15.4. The van der Waals surface area contributed by atoms with Crippen LogP contribution in [0.4, 0.5) is 0 Å². The fourth-order valence-electron chi connectivity index (χ4n) is 1.69. The number of hydrogen-bond acceptors (Lipinski definition) is 6. The molecule has 0 rings (SSSR count). The molecule has 0 bridgehead atoms. The van der Waals surface area contributed by atoms with Crippen LogP contribution in [-0.4, -0.2) is 188 Å². The zero-order valence-electron chi connectivity index (χ0n) is 11.8. The number of carboxylic acid groups (broad SMARTS) is 2. The molecule has 0 aromatic carbocycles. The Balaban J connectivity index is -0.000000403. The fourth-order valence-corrected chi connectivity index (χ4v) is 2.46. The minimum absolute atomic E-state index is 0. The van der Waals surface area contributed by atoms with Gasteiger partial charge in [-0.05, 0) is 0 Å². The van der Waals surface area contributed by atoms with Crippen LogP contribution in [0.5, 0.6) is 0 Å². The molecule has 2 amide bonds. The zero-order valence-corrected chi connectivity index (χ0v) is 12.6. The van der Waals surface area contributed by atoms with Crippen LogP contribution in [0.15, 0.2) is 12.7 Å². The van der Waals surface area contributed by atoms with Crippen molar-refractivity contribution >= 4 is 152 Å². The Hall–Kier alpha value is 1.53. The Morgan fingerprint density at radius 2 is 1.48 bits per heavy atom. The number of primary amides is 1. The van der Waals surface area contributed by atoms with E-state index in [0.717, 1.165) is 6.08 Å². The van der Waals surface area contributed by atoms with Gasteiger partial charge in [0.1, 0.15) is 6.04 Å². The first kappa shape index (κ1) is 39.1. The van der Waals surface area contributed by atoms with Crippen LogP contribution >= 0.6 is 0 Å². The van der Waals surface area contributed by atoms with Gasteiger partial charge in [-0.2, -0.15) is 8.42 Å². The van der Waals surface area contributed by atoms with Gasteiger partial charge in [-0.25, -0.2) is 4.79 Å². The van der Waals surface area contributed by atoms with E-state index in [0.29, 0.717) is 4.90 Å². The number of aliphatic carboxylic acids is 2. The SMILES string of the molecule is C=CCN(C(=O)C(CC(N)=O)S(=O)(=O)O)C(CC(=O)O)C(=O)O.[NaH].[NaH].[NaH].[NaH]. The van der Waals surface area contributed by atoms with E-state index in [4.69, 9.17) is 20.5 Å². The standard InChI is InChI=1S/C11H16N2O9S.4Na.4H/c1-2-3-13(6(11(18)19)4-9(15)16)10(17)7(5-8(12)14)23(20,21)22;;;;;;;;/h2,6-7H,1,3-5H2,(H2,12,14)(H,15,16)(H,18,19)(H,20,21,22);;;;;;;;. The second-order valence-electron chi connectivity index (χ2n) is 4.41. The second kappa shape index (κ2) is 18.3. The molecule has 0 saturated heterocycles. The van der Waals surface area contributed by atoms with Crippen LogP contribution in [0.2, 0.25) is 0 Å². The van der Waals surface area contributed by atoms with Crippen molar-refractivity contribution in [2.24, 2.45) is 5.73 Å². The Kier molecular flexibility index (Phi) is 26.5. The number of nitrogens with two attached hydrogens (primary N) is 1. The second-order valence-corrected chi connectivity index (χ2v) is 6.00. The van der Waals surface area contributed by atoms with Crippen LogP contribution in [0.1, 0.15) is 12.8 Å². The van der Waals surface area contributed by atoms with Crippen molar-refractivity contribution in [1.82, 2.24) is 4.90 Å². The first-order valence-corrected chi connectivity index (χ1v) is 7.52. The number of rotatable bonds is 10. The zero-order chi connectivity index (χ0) is 18.4. The molecule has 16 heteroatoms. The molecule has 0 aliphatic carbocycles. The molecule has 5 N–H and O–H groups in total. The van der Waals surface area contributed by atoms with Crippen LogP contribution in [0.25, 0.3) is 0 Å². The normalized spacial score (nSPS) is 11.6. The number of carbonyl (C=O) groups excluding carboxylic acids is 2. The Morgan fingerprint density at radius 3 is 1.74 bits per heavy atom. The van der Waals surface area contributed by atoms with Gasteiger partial charge in [-0.15, -0.1) is 6.58 Å². The summed E-state index contributed by atoms with van der Waals surface area (Å²) in [4.78, 5) is 45.3. The van der Waals surface area contributed by atoms with E-state index in [9.17, 15) is 27.6 Å². The monoisotopic (exact) mass is 448 g/mol. The molecular weight excluding hydrogens is 428 g/mol. The van der Waals surface area contributed by atoms with Crippen LogP contribution in [0.3, 0.4) is 0 Å². The summed E-state index contributed by atoms with van der Waals surface area (Å²) >= 11 is 0. The Bertz CT molecular complexity index is 629. The summed E-state index contributed by atoms with van der Waals surface area (Å²) in [6, 6.07) is -1.92. The first-order valence-electron chi connectivity index (χ1n) is 6.02. The molecule has 2 atom stereocenters. The van der Waals surface area contributed by atoms with Crippen LogP contribution in [-0.2, 0) is 29.3 Å². The van der Waals surface area contributed by atoms with Gasteiger partial charge in [0.15, 0.2) is 5.25 Å². The number of amides is 2. The molecule has 0 spiro atoms. The third-order valence-corrected chi connectivity index (χ3v) is 3.75. The number of carboxylic acids is 2. The van der Waals surface area contributed by atoms with Crippen LogP contribution in [0, 0.1) is 0 Å². The summed E-state index contributed by atoms with van der Waals surface area (Å²) < 4.78 is 31.5. The van der Waals surface area contributed by atoms with Gasteiger partial charge in [0.25, 0.3) is 10.1 Å². The first-order chi connectivity index (χ1) is 10.4. The van der Waals surface area contributed by atoms with Gasteiger partial charge in [-0.1, -0.05) is 6.08 Å². The molecule has 0 aromatic heterocycles. The third kappa shape index (κ3) is 15.0. The van der Waals surface area contributed by atoms with Crippen molar-refractivity contribution in [3.05, 3.63) is 12.7 Å². The van der Waals surface area contributed by atoms with E-state index in [2.05, 4.69) is 6.58 Å². The minimum atomic E-state index is -5.08. The topological polar surface area (TPSA) is 192 Å². The maximum atomic E-state index is 12.2. The van der Waals surface area contributed by atoms with Crippen LogP contribution < -0.4 is 5.73 Å². The van der Waals surface area contributed by atoms with E-state index in [1.807, 2.05) is 0 Å². The van der Waals surface area contributed by atoms with Crippen molar-refractivity contribution < 1.29 is 42.4 Å². The van der Waals surface area contributed by atoms with Crippen molar-refractivity contribution in [3.63, 3.8) is 0 Å². The van der Waals surface area contributed by atoms with E-state index in [-0.39, 0.29) is 118 Å². The number of nitrogens with zero attached hydrogens (tertiary/aromatic N) is 1. The molecule has 2 unspecified atom stereocenters. The summed E-state index contributed by atoms with van der Waals surface area (Å²) in [6.07, 6.45) is -1.09. The van der Waals surface area contributed by atoms with Gasteiger partial charge < -0.3 is 20.8 Å². The van der Waals surface area contributed by atoms with Crippen molar-refractivity contribution in [1.29, 1.82) is 0 Å². The maximum absolute atomic E-state index is 12.2. The fraction of sp³-hybridized carbons (Fsp3) is 0.455. The Morgan fingerprint density at radius 1 is 1.04 bits per heavy atom. The molecule has 138 valence electrons. The van der Waals surface area contributed by atoms with Gasteiger partial charge in [-0.3, -0.25) is 18.9 Å². The third-order valence-electron chi connectivity index (χ3n) is 2.66. The molecule has 0 aliphatic heterocycles. The van der Waals surface area contributed by atoms with E-state index in [1.54, 1.807) is 0 Å². The summed E-state index contributed by atoms with van der Waals surface area (Å²) in [6.45, 7) is 2.73. The Labute approximate surface area is 244 Å². The predicted octanol–water partition coefficient (Wildman–Crippen LogP) is -4.53. The summed E-state index contributed by atoms with van der Waals surface area (Å²) in [5.74, 6) is -5.97. The molecule has 0 aromatic rings. The van der Waals surface area contributed by atoms with E-state index < -0.39 is 64.5 Å². The molecule has 0 radical (unpaired) electrons. The van der Waals surface area contributed by atoms with Gasteiger partial charge in [0, 0.05) is 6.54 Å². The average Bonchev–Trinajstić information content (AvgIpc) is 2.37. The number of hydrogen-bond donors (Lipinski definition) is 4. The average molecular weight is 448 g/mol. The molecule has 27 heavy (non-hydrogen) atoms. The van der Waals surface area contributed by atoms with Gasteiger partial charge >= 0.3 is 130 Å². The van der Waals surface area contributed by atoms with Gasteiger partial charge in [0.2, 0.25) is 11.8 Å². The summed E-state index contributed by atoms with van der Waals surface area (Å²) in [5.41, 5.74) is 4.80. The van der Waals surface area contributed by atoms with Crippen molar-refractivity contribution in [2.45, 2.75) is 24.1 Å². The van der Waals surface area contributed by atoms with Crippen molar-refractivity contribution in [2.75, 3.05) is 6.54 Å². The van der Waals surface area contributed by atoms with Crippen molar-refractivity contribution in [3.8, 4) is 0 Å².